The molecule has 1 aliphatic carbocycles. The lowest BCUT2D eigenvalue weighted by Gasteiger charge is -2.30. The third-order valence-electron chi connectivity index (χ3n) is 5.85. The molecule has 32 heavy (non-hydrogen) atoms. The molecule has 2 aromatic heterocycles. The van der Waals surface area contributed by atoms with Crippen molar-refractivity contribution in [1.29, 1.82) is 0 Å². The highest BCUT2D eigenvalue weighted by molar-refractivity contribution is 6.30. The molecule has 9 nitrogen and oxygen atoms in total. The van der Waals surface area contributed by atoms with Gasteiger partial charge in [0.15, 0.2) is 11.5 Å². The number of nitrogens with one attached hydrogen (secondary N) is 2. The summed E-state index contributed by atoms with van der Waals surface area (Å²) in [6.07, 6.45) is 5.37. The van der Waals surface area contributed by atoms with Crippen molar-refractivity contribution >= 4 is 29.4 Å². The van der Waals surface area contributed by atoms with Gasteiger partial charge < -0.3 is 9.73 Å². The average molecular weight is 454 g/mol. The molecule has 1 aliphatic heterocycles. The first kappa shape index (κ1) is 20.3. The number of benzene rings is 1. The summed E-state index contributed by atoms with van der Waals surface area (Å²) in [7, 11) is 0. The molecule has 3 heterocycles. The zero-order valence-corrected chi connectivity index (χ0v) is 17.8. The summed E-state index contributed by atoms with van der Waals surface area (Å²) in [5.41, 5.74) is 2.64. The molecular weight excluding hydrogens is 434 g/mol. The number of carbonyl (C=O) groups is 3. The smallest absolute Gasteiger partial charge is 0.344 e. The predicted octanol–water partition coefficient (Wildman–Crippen LogP) is 3.69. The van der Waals surface area contributed by atoms with Gasteiger partial charge in [-0.3, -0.25) is 15.0 Å². The van der Waals surface area contributed by atoms with Gasteiger partial charge in [0, 0.05) is 11.1 Å². The fourth-order valence-electron chi connectivity index (χ4n) is 4.27. The highest BCUT2D eigenvalue weighted by atomic mass is 35.5. The summed E-state index contributed by atoms with van der Waals surface area (Å²) < 4.78 is 7.02. The molecular formula is C22H20ClN5O4. The molecule has 0 unspecified atom stereocenters. The van der Waals surface area contributed by atoms with Crippen LogP contribution >= 0.6 is 11.6 Å². The lowest BCUT2D eigenvalue weighted by atomic mass is 9.82. The van der Waals surface area contributed by atoms with E-state index >= 15 is 0 Å². The lowest BCUT2D eigenvalue weighted by Crippen LogP contribution is -2.51. The van der Waals surface area contributed by atoms with Gasteiger partial charge in [0.05, 0.1) is 12.0 Å². The molecule has 2 aliphatic rings. The summed E-state index contributed by atoms with van der Waals surface area (Å²) in [6.45, 7) is 0. The molecule has 10 heteroatoms. The van der Waals surface area contributed by atoms with Gasteiger partial charge >= 0.3 is 6.03 Å². The molecule has 1 saturated heterocycles. The van der Waals surface area contributed by atoms with Crippen LogP contribution < -0.4 is 10.7 Å². The van der Waals surface area contributed by atoms with E-state index in [0.29, 0.717) is 35.0 Å². The fourth-order valence-corrected chi connectivity index (χ4v) is 4.46. The third-order valence-corrected chi connectivity index (χ3v) is 6.09. The number of furan rings is 1. The predicted molar refractivity (Wildman–Crippen MR) is 115 cm³/mol. The molecule has 2 fully saturated rings. The Balaban J connectivity index is 1.45. The van der Waals surface area contributed by atoms with Crippen molar-refractivity contribution in [3.8, 4) is 17.1 Å². The number of amides is 4. The number of hydrogen-bond donors (Lipinski definition) is 2. The van der Waals surface area contributed by atoms with Crippen LogP contribution in [0.1, 0.15) is 42.6 Å². The molecule has 0 atom stereocenters. The molecule has 4 amide bonds. The van der Waals surface area contributed by atoms with Crippen molar-refractivity contribution in [2.45, 2.75) is 37.6 Å². The van der Waals surface area contributed by atoms with Crippen LogP contribution in [0.5, 0.6) is 0 Å². The number of hydrogen-bond acceptors (Lipinski definition) is 5. The number of nitrogens with zero attached hydrogens (tertiary/aromatic N) is 3. The summed E-state index contributed by atoms with van der Waals surface area (Å²) in [5.74, 6) is -0.626. The van der Waals surface area contributed by atoms with E-state index < -0.39 is 23.4 Å². The summed E-state index contributed by atoms with van der Waals surface area (Å²) in [6, 6.07) is 11.3. The summed E-state index contributed by atoms with van der Waals surface area (Å²) in [4.78, 5) is 38.4. The quantitative estimate of drug-likeness (QED) is 0.585. The van der Waals surface area contributed by atoms with Gasteiger partial charge in [0.1, 0.15) is 11.2 Å². The van der Waals surface area contributed by atoms with Crippen LogP contribution in [0.2, 0.25) is 5.02 Å². The van der Waals surface area contributed by atoms with Gasteiger partial charge in [-0.15, -0.1) is 0 Å². The Hall–Kier alpha value is -3.59. The molecule has 1 spiro atoms. The molecule has 0 radical (unpaired) electrons. The first-order valence-corrected chi connectivity index (χ1v) is 10.7. The highest BCUT2D eigenvalue weighted by Gasteiger charge is 2.52. The summed E-state index contributed by atoms with van der Waals surface area (Å²) >= 11 is 6.13. The van der Waals surface area contributed by atoms with E-state index in [-0.39, 0.29) is 5.69 Å². The second kappa shape index (κ2) is 7.83. The van der Waals surface area contributed by atoms with E-state index in [9.17, 15) is 14.4 Å². The van der Waals surface area contributed by atoms with Crippen LogP contribution in [0.15, 0.2) is 53.1 Å². The van der Waals surface area contributed by atoms with Gasteiger partial charge in [-0.2, -0.15) is 10.1 Å². The van der Waals surface area contributed by atoms with E-state index in [1.165, 1.54) is 17.0 Å². The Labute approximate surface area is 188 Å². The molecule has 0 bridgehead atoms. The largest absolute Gasteiger partial charge is 0.463 e. The van der Waals surface area contributed by atoms with Crippen LogP contribution in [0.3, 0.4) is 0 Å². The first-order chi connectivity index (χ1) is 15.5. The average Bonchev–Trinajstić information content (AvgIpc) is 3.51. The second-order valence-electron chi connectivity index (χ2n) is 7.94. The van der Waals surface area contributed by atoms with Crippen molar-refractivity contribution in [3.05, 3.63) is 59.4 Å². The Morgan fingerprint density at radius 2 is 1.94 bits per heavy atom. The van der Waals surface area contributed by atoms with Crippen molar-refractivity contribution in [1.82, 2.24) is 25.5 Å². The standard InChI is InChI=1S/C22H20ClN5O4/c23-14-6-4-7-15(12-14)27-17(18-8-5-11-32-18)13-16(25-27)19(29)26-28-20(30)22(24-21(28)31)9-2-1-3-10-22/h4-8,11-13H,1-3,9-10H2,(H,24,31)(H,26,29). The fraction of sp³-hybridized carbons (Fsp3) is 0.273. The Morgan fingerprint density at radius 1 is 1.12 bits per heavy atom. The number of imide groups is 1. The van der Waals surface area contributed by atoms with Crippen LogP contribution in [-0.4, -0.2) is 38.2 Å². The molecule has 2 N–H and O–H groups in total. The SMILES string of the molecule is O=C(NN1C(=O)NC2(CCCCC2)C1=O)c1cc(-c2ccco2)n(-c2cccc(Cl)c2)n1. The molecule has 164 valence electrons. The minimum Gasteiger partial charge on any atom is -0.463 e. The van der Waals surface area contributed by atoms with Crippen molar-refractivity contribution in [2.75, 3.05) is 0 Å². The Kier molecular flexibility index (Phi) is 4.97. The van der Waals surface area contributed by atoms with E-state index in [1.54, 1.807) is 36.4 Å². The number of urea groups is 1. The van der Waals surface area contributed by atoms with Crippen molar-refractivity contribution in [3.63, 3.8) is 0 Å². The maximum Gasteiger partial charge on any atom is 0.344 e. The van der Waals surface area contributed by atoms with E-state index in [1.807, 2.05) is 0 Å². The zero-order chi connectivity index (χ0) is 22.3. The van der Waals surface area contributed by atoms with Crippen LogP contribution in [0.4, 0.5) is 4.79 Å². The van der Waals surface area contributed by atoms with Crippen molar-refractivity contribution in [2.24, 2.45) is 0 Å². The minimum absolute atomic E-state index is 0.0153. The topological polar surface area (TPSA) is 109 Å². The molecule has 1 aromatic carbocycles. The molecule has 3 aromatic rings. The van der Waals surface area contributed by atoms with Crippen LogP contribution in [0.25, 0.3) is 17.1 Å². The van der Waals surface area contributed by atoms with E-state index in [0.717, 1.165) is 24.3 Å². The van der Waals surface area contributed by atoms with E-state index in [4.69, 9.17) is 16.0 Å². The maximum atomic E-state index is 13.0. The zero-order valence-electron chi connectivity index (χ0n) is 17.0. The van der Waals surface area contributed by atoms with Gasteiger partial charge in [0.2, 0.25) is 0 Å². The van der Waals surface area contributed by atoms with Crippen LogP contribution in [-0.2, 0) is 4.79 Å². The highest BCUT2D eigenvalue weighted by Crippen LogP contribution is 2.33. The first-order valence-electron chi connectivity index (χ1n) is 10.3. The number of carbonyl (C=O) groups excluding carboxylic acids is 3. The number of hydrazine groups is 1. The van der Waals surface area contributed by atoms with Gasteiger partial charge in [-0.1, -0.05) is 36.9 Å². The van der Waals surface area contributed by atoms with Gasteiger partial charge in [-0.25, -0.2) is 9.48 Å². The summed E-state index contributed by atoms with van der Waals surface area (Å²) in [5, 5.41) is 8.42. The maximum absolute atomic E-state index is 13.0. The second-order valence-corrected chi connectivity index (χ2v) is 8.37. The molecule has 1 saturated carbocycles. The molecule has 5 rings (SSSR count). The van der Waals surface area contributed by atoms with Crippen LogP contribution in [0, 0.1) is 0 Å². The number of rotatable bonds is 4. The third kappa shape index (κ3) is 3.44. The monoisotopic (exact) mass is 453 g/mol. The normalized spacial score (nSPS) is 17.6. The number of halogens is 1. The lowest BCUT2D eigenvalue weighted by molar-refractivity contribution is -0.134. The van der Waals surface area contributed by atoms with E-state index in [2.05, 4.69) is 15.8 Å². The minimum atomic E-state index is -0.928. The van der Waals surface area contributed by atoms with Gasteiger partial charge in [0.25, 0.3) is 11.8 Å². The Morgan fingerprint density at radius 3 is 2.66 bits per heavy atom. The Bertz CT molecular complexity index is 1200. The van der Waals surface area contributed by atoms with Gasteiger partial charge in [-0.05, 0) is 43.2 Å². The number of aromatic nitrogens is 2. The van der Waals surface area contributed by atoms with Crippen molar-refractivity contribution < 1.29 is 18.8 Å².